The number of hydrogen-bond acceptors (Lipinski definition) is 4. The average molecular weight is 300 g/mol. The van der Waals surface area contributed by atoms with Crippen molar-refractivity contribution in [2.75, 3.05) is 38.2 Å². The second-order valence-electron chi connectivity index (χ2n) is 5.29. The van der Waals surface area contributed by atoms with E-state index in [0.29, 0.717) is 6.42 Å². The summed E-state index contributed by atoms with van der Waals surface area (Å²) in [4.78, 5) is 23.4. The molecule has 0 saturated carbocycles. The molecule has 1 fully saturated rings. The van der Waals surface area contributed by atoms with Crippen LogP contribution in [-0.2, 0) is 11.2 Å². The number of methoxy groups -OCH3 is 1. The van der Waals surface area contributed by atoms with Gasteiger partial charge in [0, 0.05) is 38.1 Å². The van der Waals surface area contributed by atoms with Crippen LogP contribution in [0.1, 0.15) is 5.69 Å². The lowest BCUT2D eigenvalue weighted by Gasteiger charge is -2.36. The molecule has 22 heavy (non-hydrogen) atoms. The third kappa shape index (κ3) is 3.05. The van der Waals surface area contributed by atoms with E-state index in [2.05, 4.69) is 20.9 Å². The zero-order chi connectivity index (χ0) is 15.4. The van der Waals surface area contributed by atoms with E-state index in [-0.39, 0.29) is 5.91 Å². The molecular weight excluding hydrogens is 280 g/mol. The molecule has 0 unspecified atom stereocenters. The summed E-state index contributed by atoms with van der Waals surface area (Å²) in [5.41, 5.74) is 1.95. The van der Waals surface area contributed by atoms with Crippen LogP contribution in [0.5, 0.6) is 5.75 Å². The van der Waals surface area contributed by atoms with Crippen LogP contribution in [0.3, 0.4) is 0 Å². The van der Waals surface area contributed by atoms with E-state index in [9.17, 15) is 4.79 Å². The zero-order valence-corrected chi connectivity index (χ0v) is 12.7. The Morgan fingerprint density at radius 3 is 2.73 bits per heavy atom. The number of rotatable bonds is 4. The van der Waals surface area contributed by atoms with Crippen LogP contribution in [0.15, 0.2) is 36.8 Å². The Kier molecular flexibility index (Phi) is 4.27. The van der Waals surface area contributed by atoms with Crippen LogP contribution >= 0.6 is 0 Å². The maximum Gasteiger partial charge on any atom is 0.228 e. The topological polar surface area (TPSA) is 61.5 Å². The number of anilines is 1. The normalized spacial score (nSPS) is 15.0. The van der Waals surface area contributed by atoms with E-state index in [1.165, 1.54) is 0 Å². The Bertz CT molecular complexity index is 619. The van der Waals surface area contributed by atoms with Crippen molar-refractivity contribution in [1.29, 1.82) is 0 Å². The van der Waals surface area contributed by atoms with Crippen molar-refractivity contribution in [3.63, 3.8) is 0 Å². The van der Waals surface area contributed by atoms with Gasteiger partial charge in [0.05, 0.1) is 25.5 Å². The number of nitrogens with zero attached hydrogens (tertiary/aromatic N) is 3. The van der Waals surface area contributed by atoms with Crippen LogP contribution in [0.2, 0.25) is 0 Å². The highest BCUT2D eigenvalue weighted by Crippen LogP contribution is 2.28. The van der Waals surface area contributed by atoms with Gasteiger partial charge in [-0.15, -0.1) is 0 Å². The minimum absolute atomic E-state index is 0.143. The minimum Gasteiger partial charge on any atom is -0.495 e. The Hall–Kier alpha value is -2.50. The second-order valence-corrected chi connectivity index (χ2v) is 5.29. The van der Waals surface area contributed by atoms with Gasteiger partial charge >= 0.3 is 0 Å². The van der Waals surface area contributed by atoms with E-state index in [1.54, 1.807) is 19.6 Å². The average Bonchev–Trinajstić information content (AvgIpc) is 3.08. The van der Waals surface area contributed by atoms with E-state index in [0.717, 1.165) is 43.3 Å². The number of imidazole rings is 1. The SMILES string of the molecule is COc1ccccc1N1CCN(C(=O)Cc2cnc[nH]2)CC1. The number of aromatic amines is 1. The zero-order valence-electron chi connectivity index (χ0n) is 12.7. The lowest BCUT2D eigenvalue weighted by Crippen LogP contribution is -2.49. The molecule has 116 valence electrons. The maximum absolute atomic E-state index is 12.3. The predicted molar refractivity (Wildman–Crippen MR) is 84.1 cm³/mol. The number of ether oxygens (including phenoxy) is 1. The van der Waals surface area contributed by atoms with Crippen molar-refractivity contribution in [2.24, 2.45) is 0 Å². The number of benzene rings is 1. The molecular formula is C16H20N4O2. The molecule has 1 aliphatic rings. The van der Waals surface area contributed by atoms with Gasteiger partial charge in [-0.1, -0.05) is 12.1 Å². The quantitative estimate of drug-likeness (QED) is 0.925. The summed E-state index contributed by atoms with van der Waals surface area (Å²) in [6, 6.07) is 7.99. The van der Waals surface area contributed by atoms with Gasteiger partial charge in [0.25, 0.3) is 0 Å². The highest BCUT2D eigenvalue weighted by molar-refractivity contribution is 5.78. The molecule has 3 rings (SSSR count). The summed E-state index contributed by atoms with van der Waals surface area (Å²) in [6.45, 7) is 3.08. The monoisotopic (exact) mass is 300 g/mol. The molecule has 2 aromatic rings. The largest absolute Gasteiger partial charge is 0.495 e. The lowest BCUT2D eigenvalue weighted by molar-refractivity contribution is -0.130. The molecule has 0 aliphatic carbocycles. The molecule has 1 N–H and O–H groups in total. The van der Waals surface area contributed by atoms with E-state index >= 15 is 0 Å². The first-order valence-electron chi connectivity index (χ1n) is 7.41. The summed E-state index contributed by atoms with van der Waals surface area (Å²) in [6.07, 6.45) is 3.68. The van der Waals surface area contributed by atoms with Crippen molar-refractivity contribution >= 4 is 11.6 Å². The summed E-state index contributed by atoms with van der Waals surface area (Å²) in [5.74, 6) is 1.02. The van der Waals surface area contributed by atoms with Gasteiger partial charge in [-0.05, 0) is 12.1 Å². The Labute approximate surface area is 129 Å². The second kappa shape index (κ2) is 6.51. The summed E-state index contributed by atoms with van der Waals surface area (Å²) in [7, 11) is 1.68. The number of H-pyrrole nitrogens is 1. The number of para-hydroxylation sites is 2. The van der Waals surface area contributed by atoms with Crippen molar-refractivity contribution in [3.05, 3.63) is 42.5 Å². The van der Waals surface area contributed by atoms with Gasteiger partial charge < -0.3 is 19.5 Å². The molecule has 0 bridgehead atoms. The predicted octanol–water partition coefficient (Wildman–Crippen LogP) is 1.31. The highest BCUT2D eigenvalue weighted by Gasteiger charge is 2.23. The number of aromatic nitrogens is 2. The third-order valence-corrected chi connectivity index (χ3v) is 3.95. The third-order valence-electron chi connectivity index (χ3n) is 3.95. The van der Waals surface area contributed by atoms with E-state index in [1.807, 2.05) is 23.1 Å². The molecule has 0 radical (unpaired) electrons. The number of carbonyl (C=O) groups is 1. The standard InChI is InChI=1S/C16H20N4O2/c1-22-15-5-3-2-4-14(15)19-6-8-20(9-7-19)16(21)10-13-11-17-12-18-13/h2-5,11-12H,6-10H2,1H3,(H,17,18). The van der Waals surface area contributed by atoms with Crippen molar-refractivity contribution in [2.45, 2.75) is 6.42 Å². The molecule has 1 aromatic carbocycles. The number of amides is 1. The smallest absolute Gasteiger partial charge is 0.228 e. The van der Waals surface area contributed by atoms with Gasteiger partial charge in [0.2, 0.25) is 5.91 Å². The number of nitrogens with one attached hydrogen (secondary N) is 1. The Balaban J connectivity index is 1.59. The molecule has 0 atom stereocenters. The fourth-order valence-corrected chi connectivity index (χ4v) is 2.74. The highest BCUT2D eigenvalue weighted by atomic mass is 16.5. The van der Waals surface area contributed by atoms with Gasteiger partial charge in [0.1, 0.15) is 5.75 Å². The first-order valence-corrected chi connectivity index (χ1v) is 7.41. The summed E-state index contributed by atoms with van der Waals surface area (Å²) < 4.78 is 5.41. The Morgan fingerprint density at radius 1 is 1.27 bits per heavy atom. The minimum atomic E-state index is 0.143. The summed E-state index contributed by atoms with van der Waals surface area (Å²) >= 11 is 0. The van der Waals surface area contributed by atoms with E-state index in [4.69, 9.17) is 4.74 Å². The van der Waals surface area contributed by atoms with Crippen LogP contribution in [0.25, 0.3) is 0 Å². The van der Waals surface area contributed by atoms with Gasteiger partial charge in [-0.2, -0.15) is 0 Å². The van der Waals surface area contributed by atoms with Gasteiger partial charge in [-0.25, -0.2) is 4.98 Å². The van der Waals surface area contributed by atoms with Crippen LogP contribution < -0.4 is 9.64 Å². The van der Waals surface area contributed by atoms with E-state index < -0.39 is 0 Å². The molecule has 6 nitrogen and oxygen atoms in total. The maximum atomic E-state index is 12.3. The number of hydrogen-bond donors (Lipinski definition) is 1. The van der Waals surface area contributed by atoms with Gasteiger partial charge in [0.15, 0.2) is 0 Å². The van der Waals surface area contributed by atoms with Crippen molar-refractivity contribution in [3.8, 4) is 5.75 Å². The molecule has 6 heteroatoms. The van der Waals surface area contributed by atoms with Gasteiger partial charge in [-0.3, -0.25) is 4.79 Å². The molecule has 1 aliphatic heterocycles. The molecule has 1 saturated heterocycles. The first-order chi connectivity index (χ1) is 10.8. The first kappa shape index (κ1) is 14.4. The fourth-order valence-electron chi connectivity index (χ4n) is 2.74. The molecule has 0 spiro atoms. The van der Waals surface area contributed by atoms with Crippen LogP contribution in [0, 0.1) is 0 Å². The fraction of sp³-hybridized carbons (Fsp3) is 0.375. The number of piperazine rings is 1. The summed E-state index contributed by atoms with van der Waals surface area (Å²) in [5, 5.41) is 0. The van der Waals surface area contributed by atoms with Crippen LogP contribution in [0.4, 0.5) is 5.69 Å². The molecule has 2 heterocycles. The van der Waals surface area contributed by atoms with Crippen LogP contribution in [-0.4, -0.2) is 54.1 Å². The van der Waals surface area contributed by atoms with Crippen molar-refractivity contribution in [1.82, 2.24) is 14.9 Å². The number of carbonyl (C=O) groups excluding carboxylic acids is 1. The molecule has 1 aromatic heterocycles. The lowest BCUT2D eigenvalue weighted by atomic mass is 10.2. The molecule has 1 amide bonds. The Morgan fingerprint density at radius 2 is 2.05 bits per heavy atom. The van der Waals surface area contributed by atoms with Crippen molar-refractivity contribution < 1.29 is 9.53 Å².